The van der Waals surface area contributed by atoms with Crippen LogP contribution in [0.15, 0.2) is 44.3 Å². The minimum atomic E-state index is -3.62. The lowest BCUT2D eigenvalue weighted by molar-refractivity contribution is 0.601. The lowest BCUT2D eigenvalue weighted by Gasteiger charge is -2.08. The van der Waals surface area contributed by atoms with Crippen molar-refractivity contribution in [2.75, 3.05) is 4.72 Å². The molecule has 0 aliphatic rings. The molecule has 4 N–H and O–H groups in total. The lowest BCUT2D eigenvalue weighted by Crippen LogP contribution is -2.12. The fourth-order valence-electron chi connectivity index (χ4n) is 1.47. The Kier molecular flexibility index (Phi) is 4.34. The van der Waals surface area contributed by atoms with Gasteiger partial charge in [0, 0.05) is 27.4 Å². The van der Waals surface area contributed by atoms with Gasteiger partial charge in [-0.3, -0.25) is 4.72 Å². The van der Waals surface area contributed by atoms with Crippen molar-refractivity contribution >= 4 is 47.6 Å². The van der Waals surface area contributed by atoms with E-state index in [-0.39, 0.29) is 11.4 Å². The average molecular weight is 409 g/mol. The molecule has 19 heavy (non-hydrogen) atoms. The van der Waals surface area contributed by atoms with Gasteiger partial charge in [0.2, 0.25) is 0 Å². The topological polar surface area (TPSA) is 88.0 Å². The zero-order valence-corrected chi connectivity index (χ0v) is 13.6. The van der Waals surface area contributed by atoms with E-state index in [2.05, 4.69) is 41.6 Å². The molecule has 8 heteroatoms. The van der Waals surface area contributed by atoms with Gasteiger partial charge in [-0.15, -0.1) is 0 Å². The second kappa shape index (κ2) is 5.66. The van der Waals surface area contributed by atoms with Crippen molar-refractivity contribution in [3.05, 3.63) is 45.1 Å². The number of anilines is 1. The summed E-state index contributed by atoms with van der Waals surface area (Å²) >= 11 is 6.61. The molecule has 0 fully saturated rings. The lowest BCUT2D eigenvalue weighted by atomic mass is 10.3. The normalized spacial score (nSPS) is 11.5. The molecule has 0 aliphatic heterocycles. The molecule has 2 aromatic rings. The van der Waals surface area contributed by atoms with Crippen molar-refractivity contribution in [2.24, 2.45) is 5.73 Å². The smallest absolute Gasteiger partial charge is 0.263 e. The Morgan fingerprint density at radius 1 is 1.26 bits per heavy atom. The Morgan fingerprint density at radius 3 is 2.58 bits per heavy atom. The zero-order chi connectivity index (χ0) is 14.0. The van der Waals surface area contributed by atoms with Gasteiger partial charge in [0.25, 0.3) is 10.0 Å². The number of benzene rings is 1. The third-order valence-corrected chi connectivity index (χ3v) is 4.92. The van der Waals surface area contributed by atoms with E-state index in [0.29, 0.717) is 15.9 Å². The van der Waals surface area contributed by atoms with Gasteiger partial charge < -0.3 is 10.7 Å². The molecule has 5 nitrogen and oxygen atoms in total. The number of halogens is 2. The quantitative estimate of drug-likeness (QED) is 0.726. The Hall–Kier alpha value is -0.830. The molecular weight excluding hydrogens is 398 g/mol. The molecular formula is C11H11Br2N3O2S. The molecule has 0 unspecified atom stereocenters. The molecule has 0 atom stereocenters. The third-order valence-electron chi connectivity index (χ3n) is 2.42. The predicted octanol–water partition coefficient (Wildman–Crippen LogP) is 2.80. The monoisotopic (exact) mass is 407 g/mol. The van der Waals surface area contributed by atoms with Crippen LogP contribution in [0.3, 0.4) is 0 Å². The number of rotatable bonds is 4. The Balaban J connectivity index is 2.30. The van der Waals surface area contributed by atoms with Crippen LogP contribution in [0.4, 0.5) is 5.69 Å². The van der Waals surface area contributed by atoms with Crippen molar-refractivity contribution in [3.63, 3.8) is 0 Å². The predicted molar refractivity (Wildman–Crippen MR) is 81.3 cm³/mol. The van der Waals surface area contributed by atoms with Gasteiger partial charge in [-0.05, 0) is 40.2 Å². The van der Waals surface area contributed by atoms with Crippen LogP contribution in [0.1, 0.15) is 5.69 Å². The van der Waals surface area contributed by atoms with Crippen LogP contribution in [0.2, 0.25) is 0 Å². The molecule has 0 bridgehead atoms. The van der Waals surface area contributed by atoms with E-state index in [4.69, 9.17) is 5.73 Å². The van der Waals surface area contributed by atoms with Crippen molar-refractivity contribution in [2.45, 2.75) is 11.4 Å². The van der Waals surface area contributed by atoms with Crippen LogP contribution in [0, 0.1) is 0 Å². The summed E-state index contributed by atoms with van der Waals surface area (Å²) in [6, 6.07) is 6.70. The van der Waals surface area contributed by atoms with Gasteiger partial charge in [0.1, 0.15) is 4.90 Å². The fraction of sp³-hybridized carbons (Fsp3) is 0.0909. The first-order valence-corrected chi connectivity index (χ1v) is 8.34. The summed E-state index contributed by atoms with van der Waals surface area (Å²) in [4.78, 5) is 2.96. The molecule has 2 rings (SSSR count). The highest BCUT2D eigenvalue weighted by atomic mass is 79.9. The third kappa shape index (κ3) is 3.38. The van der Waals surface area contributed by atoms with Gasteiger partial charge in [-0.25, -0.2) is 8.42 Å². The van der Waals surface area contributed by atoms with E-state index < -0.39 is 10.0 Å². The van der Waals surface area contributed by atoms with E-state index in [1.165, 1.54) is 12.3 Å². The summed E-state index contributed by atoms with van der Waals surface area (Å²) in [5.74, 6) is 0. The molecule has 0 amide bonds. The van der Waals surface area contributed by atoms with Crippen molar-refractivity contribution in [3.8, 4) is 0 Å². The maximum absolute atomic E-state index is 12.2. The maximum atomic E-state index is 12.2. The number of aromatic amines is 1. The molecule has 0 saturated carbocycles. The fourth-order valence-corrected chi connectivity index (χ4v) is 3.84. The highest BCUT2D eigenvalue weighted by Gasteiger charge is 2.17. The second-order valence-electron chi connectivity index (χ2n) is 3.79. The van der Waals surface area contributed by atoms with Gasteiger partial charge in [0.05, 0.1) is 5.69 Å². The number of aromatic nitrogens is 1. The number of hydrogen-bond acceptors (Lipinski definition) is 3. The molecule has 0 radical (unpaired) electrons. The van der Waals surface area contributed by atoms with Crippen molar-refractivity contribution < 1.29 is 8.42 Å². The van der Waals surface area contributed by atoms with Crippen LogP contribution < -0.4 is 10.5 Å². The summed E-state index contributed by atoms with van der Waals surface area (Å²) in [5.41, 5.74) is 6.57. The van der Waals surface area contributed by atoms with E-state index >= 15 is 0 Å². The average Bonchev–Trinajstić information content (AvgIpc) is 2.82. The minimum Gasteiger partial charge on any atom is -0.363 e. The zero-order valence-electron chi connectivity index (χ0n) is 9.65. The van der Waals surface area contributed by atoms with Crippen molar-refractivity contribution in [1.29, 1.82) is 0 Å². The molecule has 0 aliphatic carbocycles. The van der Waals surface area contributed by atoms with Crippen LogP contribution >= 0.6 is 31.9 Å². The molecule has 0 spiro atoms. The summed E-state index contributed by atoms with van der Waals surface area (Å²) in [5, 5.41) is 0. The van der Waals surface area contributed by atoms with E-state index in [1.54, 1.807) is 18.2 Å². The van der Waals surface area contributed by atoms with E-state index in [1.807, 2.05) is 0 Å². The Bertz CT molecular complexity index is 698. The number of hydrogen-bond donors (Lipinski definition) is 3. The first kappa shape index (κ1) is 14.6. The molecule has 1 heterocycles. The summed E-state index contributed by atoms with van der Waals surface area (Å²) in [6.07, 6.45) is 1.41. The Morgan fingerprint density at radius 2 is 2.00 bits per heavy atom. The van der Waals surface area contributed by atoms with Crippen molar-refractivity contribution in [1.82, 2.24) is 4.98 Å². The number of nitrogens with one attached hydrogen (secondary N) is 2. The summed E-state index contributed by atoms with van der Waals surface area (Å²) in [7, 11) is -3.62. The first-order valence-electron chi connectivity index (χ1n) is 5.27. The second-order valence-corrected chi connectivity index (χ2v) is 7.25. The largest absolute Gasteiger partial charge is 0.363 e. The van der Waals surface area contributed by atoms with E-state index in [9.17, 15) is 8.42 Å². The number of nitrogens with two attached hydrogens (primary N) is 1. The SMILES string of the molecule is NCc1cc(S(=O)(=O)Nc2ccc(Br)cc2Br)c[nH]1. The highest BCUT2D eigenvalue weighted by Crippen LogP contribution is 2.28. The van der Waals surface area contributed by atoms with Crippen LogP contribution in [-0.2, 0) is 16.6 Å². The van der Waals surface area contributed by atoms with Gasteiger partial charge in [-0.1, -0.05) is 15.9 Å². The van der Waals surface area contributed by atoms with E-state index in [0.717, 1.165) is 4.47 Å². The molecule has 0 saturated heterocycles. The maximum Gasteiger partial charge on any atom is 0.263 e. The molecule has 1 aromatic heterocycles. The molecule has 1 aromatic carbocycles. The van der Waals surface area contributed by atoms with Gasteiger partial charge in [-0.2, -0.15) is 0 Å². The number of sulfonamides is 1. The first-order chi connectivity index (χ1) is 8.92. The van der Waals surface area contributed by atoms with Crippen LogP contribution in [-0.4, -0.2) is 13.4 Å². The number of H-pyrrole nitrogens is 1. The van der Waals surface area contributed by atoms with Crippen LogP contribution in [0.25, 0.3) is 0 Å². The minimum absolute atomic E-state index is 0.155. The Labute approximate surface area is 127 Å². The summed E-state index contributed by atoms with van der Waals surface area (Å²) in [6.45, 7) is 0.261. The highest BCUT2D eigenvalue weighted by molar-refractivity contribution is 9.11. The van der Waals surface area contributed by atoms with Crippen LogP contribution in [0.5, 0.6) is 0 Å². The summed E-state index contributed by atoms with van der Waals surface area (Å²) < 4.78 is 28.3. The van der Waals surface area contributed by atoms with Gasteiger partial charge in [0.15, 0.2) is 0 Å². The molecule has 102 valence electrons. The standard InChI is InChI=1S/C11H11Br2N3O2S/c12-7-1-2-11(10(13)3-7)16-19(17,18)9-4-8(5-14)15-6-9/h1-4,6,15-16H,5,14H2. The van der Waals surface area contributed by atoms with Gasteiger partial charge >= 0.3 is 0 Å².